The molecule has 1 aliphatic carbocycles. The van der Waals surface area contributed by atoms with Crippen molar-refractivity contribution in [3.05, 3.63) is 12.7 Å². The van der Waals surface area contributed by atoms with E-state index in [2.05, 4.69) is 34.3 Å². The van der Waals surface area contributed by atoms with Crippen LogP contribution in [0.5, 0.6) is 0 Å². The Hall–Kier alpha value is -0.790. The second-order valence-corrected chi connectivity index (χ2v) is 5.67. The van der Waals surface area contributed by atoms with Crippen LogP contribution < -0.4 is 0 Å². The molecule has 1 aliphatic rings. The van der Waals surface area contributed by atoms with E-state index in [0.717, 1.165) is 12.8 Å². The Kier molecular flexibility index (Phi) is 4.17. The van der Waals surface area contributed by atoms with E-state index in [1.54, 1.807) is 0 Å². The van der Waals surface area contributed by atoms with E-state index in [0.29, 0.717) is 11.8 Å². The quantitative estimate of drug-likeness (QED) is 0.541. The van der Waals surface area contributed by atoms with Crippen molar-refractivity contribution in [1.82, 2.24) is 0 Å². The van der Waals surface area contributed by atoms with Crippen LogP contribution in [0.4, 0.5) is 0 Å². The maximum atomic E-state index is 11.4. The van der Waals surface area contributed by atoms with Crippen LogP contribution in [0, 0.1) is 17.3 Å². The molecule has 0 bridgehead atoms. The summed E-state index contributed by atoms with van der Waals surface area (Å²) in [6, 6.07) is 0. The fraction of sp³-hybridized carbons (Fsp3) is 0.786. The molecule has 0 spiro atoms. The predicted octanol–water partition coefficient (Wildman–Crippen LogP) is 3.57. The van der Waals surface area contributed by atoms with Gasteiger partial charge in [-0.25, -0.2) is 4.79 Å². The molecule has 0 aromatic carbocycles. The van der Waals surface area contributed by atoms with Crippen molar-refractivity contribution in [2.45, 2.75) is 53.1 Å². The minimum Gasteiger partial charge on any atom is -0.459 e. The largest absolute Gasteiger partial charge is 0.459 e. The van der Waals surface area contributed by atoms with Crippen LogP contribution in [0.3, 0.4) is 0 Å². The molecule has 0 radical (unpaired) electrons. The maximum Gasteiger partial charge on any atom is 0.330 e. The van der Waals surface area contributed by atoms with Crippen LogP contribution in [0.1, 0.15) is 47.0 Å². The standard InChI is InChI=1S/C14H24O2/c1-6-13(15)16-12-9-11(4)7-8-14(12,5)10(2)3/h6,10-12H,1,7-9H2,2-5H3. The molecule has 0 N–H and O–H groups in total. The van der Waals surface area contributed by atoms with E-state index >= 15 is 0 Å². The molecule has 3 unspecified atom stereocenters. The number of esters is 1. The number of ether oxygens (including phenoxy) is 1. The highest BCUT2D eigenvalue weighted by Crippen LogP contribution is 2.45. The zero-order valence-corrected chi connectivity index (χ0v) is 11.0. The van der Waals surface area contributed by atoms with Crippen LogP contribution in [-0.2, 0) is 9.53 Å². The molecule has 1 rings (SSSR count). The van der Waals surface area contributed by atoms with Gasteiger partial charge in [0.15, 0.2) is 0 Å². The minimum absolute atomic E-state index is 0.0433. The smallest absolute Gasteiger partial charge is 0.330 e. The molecule has 0 aromatic heterocycles. The minimum atomic E-state index is -0.286. The number of carbonyl (C=O) groups excluding carboxylic acids is 1. The number of hydrogen-bond acceptors (Lipinski definition) is 2. The second-order valence-electron chi connectivity index (χ2n) is 5.67. The first-order valence-electron chi connectivity index (χ1n) is 6.23. The number of rotatable bonds is 3. The zero-order valence-electron chi connectivity index (χ0n) is 11.0. The van der Waals surface area contributed by atoms with E-state index < -0.39 is 0 Å². The zero-order chi connectivity index (χ0) is 12.3. The van der Waals surface area contributed by atoms with Gasteiger partial charge in [-0.15, -0.1) is 0 Å². The maximum absolute atomic E-state index is 11.4. The summed E-state index contributed by atoms with van der Waals surface area (Å²) in [5.74, 6) is 0.892. The molecule has 92 valence electrons. The highest BCUT2D eigenvalue weighted by atomic mass is 16.5. The Bertz CT molecular complexity index is 270. The summed E-state index contributed by atoms with van der Waals surface area (Å²) >= 11 is 0. The van der Waals surface area contributed by atoms with Crippen molar-refractivity contribution in [3.8, 4) is 0 Å². The van der Waals surface area contributed by atoms with Crippen LogP contribution in [-0.4, -0.2) is 12.1 Å². The van der Waals surface area contributed by atoms with Crippen molar-refractivity contribution < 1.29 is 9.53 Å². The SMILES string of the molecule is C=CC(=O)OC1CC(C)CCC1(C)C(C)C. The van der Waals surface area contributed by atoms with Gasteiger partial charge in [-0.2, -0.15) is 0 Å². The molecule has 0 heterocycles. The van der Waals surface area contributed by atoms with Gasteiger partial charge in [0.05, 0.1) is 0 Å². The Balaban J connectivity index is 2.80. The Morgan fingerprint density at radius 2 is 2.19 bits per heavy atom. The van der Waals surface area contributed by atoms with Crippen molar-refractivity contribution in [3.63, 3.8) is 0 Å². The molecule has 0 amide bonds. The van der Waals surface area contributed by atoms with Crippen LogP contribution >= 0.6 is 0 Å². The predicted molar refractivity (Wildman–Crippen MR) is 66.0 cm³/mol. The fourth-order valence-corrected chi connectivity index (χ4v) is 2.50. The molecule has 0 saturated heterocycles. The van der Waals surface area contributed by atoms with Gasteiger partial charge in [0.2, 0.25) is 0 Å². The van der Waals surface area contributed by atoms with E-state index in [1.807, 2.05) is 0 Å². The molecule has 1 saturated carbocycles. The van der Waals surface area contributed by atoms with E-state index in [-0.39, 0.29) is 17.5 Å². The molecular formula is C14H24O2. The summed E-state index contributed by atoms with van der Waals surface area (Å²) in [7, 11) is 0. The lowest BCUT2D eigenvalue weighted by Gasteiger charge is -2.45. The van der Waals surface area contributed by atoms with E-state index in [9.17, 15) is 4.79 Å². The average molecular weight is 224 g/mol. The summed E-state index contributed by atoms with van der Waals surface area (Å²) in [6.45, 7) is 12.4. The molecule has 0 aromatic rings. The van der Waals surface area contributed by atoms with Crippen LogP contribution in [0.2, 0.25) is 0 Å². The number of hydrogen-bond donors (Lipinski definition) is 0. The highest BCUT2D eigenvalue weighted by Gasteiger charge is 2.43. The van der Waals surface area contributed by atoms with E-state index in [4.69, 9.17) is 4.74 Å². The van der Waals surface area contributed by atoms with Crippen molar-refractivity contribution in [2.24, 2.45) is 17.3 Å². The molecule has 0 aliphatic heterocycles. The topological polar surface area (TPSA) is 26.3 Å². The third kappa shape index (κ3) is 2.66. The lowest BCUT2D eigenvalue weighted by atomic mass is 9.64. The molecular weight excluding hydrogens is 200 g/mol. The first-order chi connectivity index (χ1) is 7.40. The lowest BCUT2D eigenvalue weighted by molar-refractivity contribution is -0.157. The van der Waals surface area contributed by atoms with Gasteiger partial charge in [-0.05, 0) is 31.1 Å². The molecule has 2 nitrogen and oxygen atoms in total. The van der Waals surface area contributed by atoms with Crippen molar-refractivity contribution in [2.75, 3.05) is 0 Å². The van der Waals surface area contributed by atoms with Gasteiger partial charge >= 0.3 is 5.97 Å². The summed E-state index contributed by atoms with van der Waals surface area (Å²) in [6.07, 6.45) is 4.66. The van der Waals surface area contributed by atoms with Crippen LogP contribution in [0.25, 0.3) is 0 Å². The molecule has 3 atom stereocenters. The van der Waals surface area contributed by atoms with Crippen molar-refractivity contribution in [1.29, 1.82) is 0 Å². The van der Waals surface area contributed by atoms with Gasteiger partial charge in [-0.3, -0.25) is 0 Å². The van der Waals surface area contributed by atoms with E-state index in [1.165, 1.54) is 12.5 Å². The third-order valence-electron chi connectivity index (χ3n) is 4.27. The van der Waals surface area contributed by atoms with Gasteiger partial charge in [-0.1, -0.05) is 34.3 Å². The van der Waals surface area contributed by atoms with Crippen LogP contribution in [0.15, 0.2) is 12.7 Å². The average Bonchev–Trinajstić information content (AvgIpc) is 2.23. The first kappa shape index (κ1) is 13.3. The Labute approximate surface area is 99.1 Å². The molecule has 2 heteroatoms. The summed E-state index contributed by atoms with van der Waals surface area (Å²) in [5.41, 5.74) is 0.116. The molecule has 16 heavy (non-hydrogen) atoms. The van der Waals surface area contributed by atoms with Crippen molar-refractivity contribution >= 4 is 5.97 Å². The Morgan fingerprint density at radius 1 is 1.56 bits per heavy atom. The lowest BCUT2D eigenvalue weighted by Crippen LogP contribution is -2.44. The summed E-state index contributed by atoms with van der Waals surface area (Å²) < 4.78 is 5.53. The Morgan fingerprint density at radius 3 is 2.69 bits per heavy atom. The first-order valence-corrected chi connectivity index (χ1v) is 6.23. The summed E-state index contributed by atoms with van der Waals surface area (Å²) in [4.78, 5) is 11.4. The fourth-order valence-electron chi connectivity index (χ4n) is 2.50. The number of carbonyl (C=O) groups is 1. The highest BCUT2D eigenvalue weighted by molar-refractivity contribution is 5.81. The van der Waals surface area contributed by atoms with Gasteiger partial charge in [0, 0.05) is 11.5 Å². The molecule has 1 fully saturated rings. The van der Waals surface area contributed by atoms with Gasteiger partial charge in [0.1, 0.15) is 6.10 Å². The summed E-state index contributed by atoms with van der Waals surface area (Å²) in [5, 5.41) is 0. The van der Waals surface area contributed by atoms with Gasteiger partial charge in [0.25, 0.3) is 0 Å². The normalized spacial score (nSPS) is 34.8. The van der Waals surface area contributed by atoms with Gasteiger partial charge < -0.3 is 4.74 Å². The monoisotopic (exact) mass is 224 g/mol. The third-order valence-corrected chi connectivity index (χ3v) is 4.27. The second kappa shape index (κ2) is 5.03.